The number of hydrogen-bond acceptors (Lipinski definition) is 7. The van der Waals surface area contributed by atoms with Crippen molar-refractivity contribution in [2.75, 3.05) is 18.6 Å². The molecular formula is C35H31ClN2O6. The van der Waals surface area contributed by atoms with Gasteiger partial charge in [0, 0.05) is 21.5 Å². The zero-order chi connectivity index (χ0) is 31.1. The minimum Gasteiger partial charge on any atom is -0.497 e. The van der Waals surface area contributed by atoms with Crippen molar-refractivity contribution in [3.05, 3.63) is 88.4 Å². The Morgan fingerprint density at radius 3 is 2.36 bits per heavy atom. The maximum Gasteiger partial charge on any atom is 0.339 e. The van der Waals surface area contributed by atoms with Crippen molar-refractivity contribution in [1.29, 1.82) is 0 Å². The van der Waals surface area contributed by atoms with Gasteiger partial charge in [-0.05, 0) is 86.2 Å². The number of aromatic nitrogens is 1. The molecule has 3 aromatic carbocycles. The van der Waals surface area contributed by atoms with Gasteiger partial charge in [-0.25, -0.2) is 9.78 Å². The second kappa shape index (κ2) is 11.8. The highest BCUT2D eigenvalue weighted by atomic mass is 35.5. The molecule has 1 saturated carbocycles. The lowest BCUT2D eigenvalue weighted by atomic mass is 9.76. The van der Waals surface area contributed by atoms with Crippen molar-refractivity contribution in [2.45, 2.75) is 33.1 Å². The quantitative estimate of drug-likeness (QED) is 0.128. The summed E-state index contributed by atoms with van der Waals surface area (Å²) in [5, 5.41) is 1.03. The number of amides is 2. The van der Waals surface area contributed by atoms with E-state index in [0.717, 1.165) is 19.3 Å². The molecule has 1 aliphatic heterocycles. The van der Waals surface area contributed by atoms with E-state index in [1.807, 2.05) is 6.92 Å². The smallest absolute Gasteiger partial charge is 0.339 e. The van der Waals surface area contributed by atoms with Crippen molar-refractivity contribution in [3.8, 4) is 17.0 Å². The van der Waals surface area contributed by atoms with Crippen molar-refractivity contribution in [3.63, 3.8) is 0 Å². The van der Waals surface area contributed by atoms with E-state index in [9.17, 15) is 19.2 Å². The molecule has 2 aliphatic rings. The van der Waals surface area contributed by atoms with Crippen LogP contribution in [0.2, 0.25) is 5.02 Å². The number of aryl methyl sites for hydroxylation is 1. The van der Waals surface area contributed by atoms with Gasteiger partial charge in [-0.2, -0.15) is 0 Å². The number of ether oxygens (including phenoxy) is 2. The minimum atomic E-state index is -0.677. The van der Waals surface area contributed by atoms with Gasteiger partial charge in [0.15, 0.2) is 12.4 Å². The maximum absolute atomic E-state index is 13.4. The van der Waals surface area contributed by atoms with Crippen LogP contribution in [0.1, 0.15) is 52.5 Å². The first kappa shape index (κ1) is 29.5. The lowest BCUT2D eigenvalue weighted by molar-refractivity contribution is -0.122. The van der Waals surface area contributed by atoms with Crippen molar-refractivity contribution in [1.82, 2.24) is 4.98 Å². The SMILES string of the molecule is COc1ccc(C(=O)COC(=O)c2cc(-c3ccc(N4C(=O)C5CCC(C)CC5C4=O)cc3)nc3c(C)c(Cl)ccc23)cc1. The second-order valence-electron chi connectivity index (χ2n) is 11.5. The number of carbonyl (C=O) groups is 4. The minimum absolute atomic E-state index is 0.136. The molecule has 6 rings (SSSR count). The Balaban J connectivity index is 1.29. The molecule has 9 heteroatoms. The van der Waals surface area contributed by atoms with E-state index in [1.165, 1.54) is 12.0 Å². The first-order valence-electron chi connectivity index (χ1n) is 14.6. The van der Waals surface area contributed by atoms with Crippen LogP contribution in [-0.4, -0.2) is 42.3 Å². The molecule has 224 valence electrons. The van der Waals surface area contributed by atoms with Gasteiger partial charge in [-0.3, -0.25) is 19.3 Å². The number of nitrogens with zero attached hydrogens (tertiary/aromatic N) is 2. The molecular weight excluding hydrogens is 580 g/mol. The van der Waals surface area contributed by atoms with Gasteiger partial charge in [0.25, 0.3) is 0 Å². The van der Waals surface area contributed by atoms with E-state index >= 15 is 0 Å². The van der Waals surface area contributed by atoms with Crippen LogP contribution < -0.4 is 9.64 Å². The predicted molar refractivity (Wildman–Crippen MR) is 167 cm³/mol. The topological polar surface area (TPSA) is 103 Å². The van der Waals surface area contributed by atoms with E-state index in [4.69, 9.17) is 26.1 Å². The van der Waals surface area contributed by atoms with Gasteiger partial charge in [-0.1, -0.05) is 36.7 Å². The predicted octanol–water partition coefficient (Wildman–Crippen LogP) is 6.84. The largest absolute Gasteiger partial charge is 0.497 e. The van der Waals surface area contributed by atoms with Crippen LogP contribution in [0.3, 0.4) is 0 Å². The van der Waals surface area contributed by atoms with Gasteiger partial charge in [0.1, 0.15) is 5.75 Å². The Bertz CT molecular complexity index is 1800. The van der Waals surface area contributed by atoms with Crippen LogP contribution in [0.5, 0.6) is 5.75 Å². The average molecular weight is 611 g/mol. The second-order valence-corrected chi connectivity index (χ2v) is 11.9. The Hall–Kier alpha value is -4.56. The van der Waals surface area contributed by atoms with Crippen LogP contribution in [-0.2, 0) is 14.3 Å². The van der Waals surface area contributed by atoms with Crippen LogP contribution in [0.15, 0.2) is 66.7 Å². The first-order valence-corrected chi connectivity index (χ1v) is 15.0. The van der Waals surface area contributed by atoms with Gasteiger partial charge >= 0.3 is 5.97 Å². The molecule has 2 amide bonds. The number of methoxy groups -OCH3 is 1. The zero-order valence-electron chi connectivity index (χ0n) is 24.6. The maximum atomic E-state index is 13.4. The highest BCUT2D eigenvalue weighted by molar-refractivity contribution is 6.32. The average Bonchev–Trinajstić information content (AvgIpc) is 3.29. The monoisotopic (exact) mass is 610 g/mol. The number of ketones is 1. The number of Topliss-reactive ketones (excluding diaryl/α,β-unsaturated/α-hetero) is 1. The molecule has 2 heterocycles. The van der Waals surface area contributed by atoms with Crippen LogP contribution in [0, 0.1) is 24.7 Å². The van der Waals surface area contributed by atoms with Gasteiger partial charge in [0.05, 0.1) is 41.4 Å². The fourth-order valence-corrected chi connectivity index (χ4v) is 6.37. The van der Waals surface area contributed by atoms with E-state index in [2.05, 4.69) is 6.92 Å². The standard InChI is InChI=1S/C35H31ClN2O6/c1-19-4-13-26-27(16-19)34(41)38(33(26)40)23-9-5-21(6-10-23)30-17-28(25-14-15-29(36)20(2)32(25)37-30)35(42)44-18-31(39)22-7-11-24(43-3)12-8-22/h5-12,14-15,17,19,26-27H,4,13,16,18H2,1-3H3. The molecule has 44 heavy (non-hydrogen) atoms. The molecule has 0 bridgehead atoms. The number of carbonyl (C=O) groups excluding carboxylic acids is 4. The molecule has 8 nitrogen and oxygen atoms in total. The molecule has 1 aliphatic carbocycles. The van der Waals surface area contributed by atoms with Crippen LogP contribution in [0.25, 0.3) is 22.2 Å². The number of anilines is 1. The normalized spacial score (nSPS) is 19.6. The highest BCUT2D eigenvalue weighted by Crippen LogP contribution is 2.42. The summed E-state index contributed by atoms with van der Waals surface area (Å²) in [4.78, 5) is 58.6. The van der Waals surface area contributed by atoms with Crippen LogP contribution in [0.4, 0.5) is 5.69 Å². The summed E-state index contributed by atoms with van der Waals surface area (Å²) in [6, 6.07) is 18.6. The van der Waals surface area contributed by atoms with Gasteiger partial charge in [-0.15, -0.1) is 0 Å². The van der Waals surface area contributed by atoms with Gasteiger partial charge < -0.3 is 9.47 Å². The summed E-state index contributed by atoms with van der Waals surface area (Å²) in [7, 11) is 1.54. The molecule has 1 saturated heterocycles. The molecule has 4 aromatic rings. The fourth-order valence-electron chi connectivity index (χ4n) is 6.22. The lowest BCUT2D eigenvalue weighted by Gasteiger charge is -2.25. The Morgan fingerprint density at radius 1 is 0.955 bits per heavy atom. The van der Waals surface area contributed by atoms with Crippen molar-refractivity contribution in [2.24, 2.45) is 17.8 Å². The Morgan fingerprint density at radius 2 is 1.66 bits per heavy atom. The number of hydrogen-bond donors (Lipinski definition) is 0. The first-order chi connectivity index (χ1) is 21.2. The Labute approximate surface area is 259 Å². The number of pyridine rings is 1. The zero-order valence-corrected chi connectivity index (χ0v) is 25.4. The summed E-state index contributed by atoms with van der Waals surface area (Å²) in [6.07, 6.45) is 2.42. The summed E-state index contributed by atoms with van der Waals surface area (Å²) in [5.41, 5.74) is 3.51. The number of benzene rings is 3. The van der Waals surface area contributed by atoms with Crippen molar-refractivity contribution >= 4 is 51.8 Å². The highest BCUT2D eigenvalue weighted by Gasteiger charge is 2.49. The number of fused-ring (bicyclic) bond motifs is 2. The van der Waals surface area contributed by atoms with Crippen LogP contribution >= 0.6 is 11.6 Å². The molecule has 2 fully saturated rings. The van der Waals surface area contributed by atoms with E-state index < -0.39 is 12.6 Å². The van der Waals surface area contributed by atoms with Crippen molar-refractivity contribution < 1.29 is 28.7 Å². The molecule has 1 aromatic heterocycles. The molecule has 0 radical (unpaired) electrons. The van der Waals surface area contributed by atoms with E-state index in [-0.39, 0.29) is 35.0 Å². The number of rotatable bonds is 7. The third-order valence-corrected chi connectivity index (χ3v) is 9.15. The molecule has 3 unspecified atom stereocenters. The number of imide groups is 1. The summed E-state index contributed by atoms with van der Waals surface area (Å²) in [6.45, 7) is 3.50. The molecule has 0 spiro atoms. The third kappa shape index (κ3) is 5.35. The van der Waals surface area contributed by atoms with E-state index in [0.29, 0.717) is 55.7 Å². The third-order valence-electron chi connectivity index (χ3n) is 8.74. The lowest BCUT2D eigenvalue weighted by Crippen LogP contribution is -2.30. The number of halogens is 1. The summed E-state index contributed by atoms with van der Waals surface area (Å²) < 4.78 is 10.6. The fraction of sp³-hybridized carbons (Fsp3) is 0.286. The molecule has 3 atom stereocenters. The Kier molecular flexibility index (Phi) is 7.95. The summed E-state index contributed by atoms with van der Waals surface area (Å²) in [5.74, 6) is -0.774. The number of esters is 1. The molecule has 0 N–H and O–H groups in total. The van der Waals surface area contributed by atoms with Gasteiger partial charge in [0.2, 0.25) is 11.8 Å². The van der Waals surface area contributed by atoms with E-state index in [1.54, 1.807) is 66.7 Å². The summed E-state index contributed by atoms with van der Waals surface area (Å²) >= 11 is 6.41.